The molecule has 8 nitrogen and oxygen atoms in total. The maximum Gasteiger partial charge on any atom is 0.262 e. The second-order valence-corrected chi connectivity index (χ2v) is 8.93. The number of anilines is 2. The lowest BCUT2D eigenvalue weighted by molar-refractivity contribution is -0.126. The van der Waals surface area contributed by atoms with Crippen molar-refractivity contribution in [3.8, 4) is 5.75 Å². The molecule has 2 saturated heterocycles. The minimum atomic E-state index is -0.376. The van der Waals surface area contributed by atoms with Gasteiger partial charge in [0.1, 0.15) is 5.75 Å². The van der Waals surface area contributed by atoms with Gasteiger partial charge in [-0.15, -0.1) is 0 Å². The summed E-state index contributed by atoms with van der Waals surface area (Å²) in [6, 6.07) is 12.8. The Balaban J connectivity index is 1.26. The molecular weight excluding hydrogens is 434 g/mol. The second-order valence-electron chi connectivity index (χ2n) is 8.93. The fourth-order valence-electron chi connectivity index (χ4n) is 4.31. The lowest BCUT2D eigenvalue weighted by Crippen LogP contribution is -2.37. The highest BCUT2D eigenvalue weighted by molar-refractivity contribution is 6.00. The van der Waals surface area contributed by atoms with Crippen LogP contribution in [0.1, 0.15) is 30.4 Å². The van der Waals surface area contributed by atoms with Crippen LogP contribution >= 0.6 is 0 Å². The average molecular weight is 466 g/mol. The van der Waals surface area contributed by atoms with Gasteiger partial charge in [0.15, 0.2) is 6.61 Å². The summed E-state index contributed by atoms with van der Waals surface area (Å²) in [5, 5.41) is 5.77. The highest BCUT2D eigenvalue weighted by Gasteiger charge is 2.35. The van der Waals surface area contributed by atoms with Gasteiger partial charge in [0, 0.05) is 37.5 Å². The van der Waals surface area contributed by atoms with E-state index in [1.165, 1.54) is 0 Å². The number of nitrogens with zero attached hydrogens (tertiary/aromatic N) is 1. The first-order chi connectivity index (χ1) is 16.4. The fraction of sp³-hybridized carbons (Fsp3) is 0.423. The van der Waals surface area contributed by atoms with Crippen LogP contribution in [0.5, 0.6) is 5.75 Å². The molecule has 0 spiro atoms. The number of carbonyl (C=O) groups excluding carboxylic acids is 3. The van der Waals surface area contributed by atoms with Crippen LogP contribution < -0.4 is 20.3 Å². The van der Waals surface area contributed by atoms with Gasteiger partial charge in [-0.2, -0.15) is 0 Å². The number of aryl methyl sites for hydroxylation is 2. The number of benzene rings is 2. The fourth-order valence-corrected chi connectivity index (χ4v) is 4.31. The molecule has 3 amide bonds. The van der Waals surface area contributed by atoms with Crippen LogP contribution in [0.4, 0.5) is 11.4 Å². The lowest BCUT2D eigenvalue weighted by Gasteiger charge is -2.18. The van der Waals surface area contributed by atoms with Gasteiger partial charge in [0.2, 0.25) is 11.8 Å². The molecule has 0 bridgehead atoms. The van der Waals surface area contributed by atoms with E-state index in [1.54, 1.807) is 29.2 Å². The second kappa shape index (κ2) is 10.7. The van der Waals surface area contributed by atoms with E-state index in [0.29, 0.717) is 24.5 Å². The van der Waals surface area contributed by atoms with E-state index in [4.69, 9.17) is 9.47 Å². The topological polar surface area (TPSA) is 97.0 Å². The van der Waals surface area contributed by atoms with Crippen LogP contribution in [0, 0.1) is 19.8 Å². The van der Waals surface area contributed by atoms with Crippen LogP contribution in [-0.2, 0) is 19.1 Å². The van der Waals surface area contributed by atoms with Crippen LogP contribution in [0.25, 0.3) is 0 Å². The van der Waals surface area contributed by atoms with Crippen molar-refractivity contribution >= 4 is 29.1 Å². The molecule has 2 heterocycles. The van der Waals surface area contributed by atoms with Crippen molar-refractivity contribution in [2.45, 2.75) is 39.2 Å². The summed E-state index contributed by atoms with van der Waals surface area (Å²) in [4.78, 5) is 38.9. The predicted molar refractivity (Wildman–Crippen MR) is 129 cm³/mol. The van der Waals surface area contributed by atoms with Crippen molar-refractivity contribution in [2.24, 2.45) is 5.92 Å². The molecule has 0 aromatic heterocycles. The molecule has 2 aliphatic heterocycles. The van der Waals surface area contributed by atoms with Crippen molar-refractivity contribution in [1.82, 2.24) is 5.32 Å². The maximum absolute atomic E-state index is 12.5. The average Bonchev–Trinajstić information content (AvgIpc) is 3.48. The molecule has 2 fully saturated rings. The third-order valence-corrected chi connectivity index (χ3v) is 6.20. The summed E-state index contributed by atoms with van der Waals surface area (Å²) in [7, 11) is 0. The monoisotopic (exact) mass is 465 g/mol. The molecule has 0 saturated carbocycles. The summed E-state index contributed by atoms with van der Waals surface area (Å²) in [6.07, 6.45) is 2.24. The zero-order chi connectivity index (χ0) is 24.1. The van der Waals surface area contributed by atoms with Crippen molar-refractivity contribution in [3.05, 3.63) is 53.6 Å². The Morgan fingerprint density at radius 2 is 1.94 bits per heavy atom. The lowest BCUT2D eigenvalue weighted by atomic mass is 10.1. The Morgan fingerprint density at radius 3 is 2.65 bits per heavy atom. The van der Waals surface area contributed by atoms with Crippen LogP contribution in [0.2, 0.25) is 0 Å². The minimum Gasteiger partial charge on any atom is -0.484 e. The molecule has 180 valence electrons. The van der Waals surface area contributed by atoms with E-state index in [2.05, 4.69) is 10.6 Å². The van der Waals surface area contributed by atoms with Gasteiger partial charge in [-0.25, -0.2) is 0 Å². The Bertz CT molecular complexity index is 1050. The van der Waals surface area contributed by atoms with Gasteiger partial charge in [-0.1, -0.05) is 17.7 Å². The van der Waals surface area contributed by atoms with E-state index in [9.17, 15) is 14.4 Å². The van der Waals surface area contributed by atoms with E-state index < -0.39 is 0 Å². The third-order valence-electron chi connectivity index (χ3n) is 6.20. The van der Waals surface area contributed by atoms with Crippen molar-refractivity contribution in [3.63, 3.8) is 0 Å². The highest BCUT2D eigenvalue weighted by atomic mass is 16.5. The Kier molecular flexibility index (Phi) is 7.47. The minimum absolute atomic E-state index is 0.0766. The molecule has 2 aromatic carbocycles. The molecule has 0 aliphatic carbocycles. The van der Waals surface area contributed by atoms with Crippen LogP contribution in [0.3, 0.4) is 0 Å². The van der Waals surface area contributed by atoms with Gasteiger partial charge >= 0.3 is 0 Å². The Hall–Kier alpha value is -3.39. The predicted octanol–water partition coefficient (Wildman–Crippen LogP) is 2.97. The molecule has 2 N–H and O–H groups in total. The van der Waals surface area contributed by atoms with Crippen molar-refractivity contribution < 1.29 is 23.9 Å². The quantitative estimate of drug-likeness (QED) is 0.625. The maximum atomic E-state index is 12.5. The number of ether oxygens (including phenoxy) is 2. The van der Waals surface area contributed by atoms with E-state index >= 15 is 0 Å². The summed E-state index contributed by atoms with van der Waals surface area (Å²) >= 11 is 0. The Labute approximate surface area is 199 Å². The van der Waals surface area contributed by atoms with E-state index in [-0.39, 0.29) is 42.8 Å². The molecule has 34 heavy (non-hydrogen) atoms. The molecule has 2 aromatic rings. The van der Waals surface area contributed by atoms with Gasteiger partial charge in [0.25, 0.3) is 5.91 Å². The third kappa shape index (κ3) is 5.94. The van der Waals surface area contributed by atoms with Crippen molar-refractivity contribution in [2.75, 3.05) is 36.5 Å². The van der Waals surface area contributed by atoms with Crippen LogP contribution in [0.15, 0.2) is 42.5 Å². The summed E-state index contributed by atoms with van der Waals surface area (Å²) in [6.45, 7) is 5.40. The number of rotatable bonds is 8. The first kappa shape index (κ1) is 23.8. The standard InChI is InChI=1S/C26H31N3O5/c1-17-5-10-23(18(2)12-17)28-24(30)16-34-21-8-6-20(7-9-21)29-15-19(13-25(29)31)26(32)27-14-22-4-3-11-33-22/h5-10,12,19,22H,3-4,11,13-16H2,1-2H3,(H,27,32)(H,28,30)/t19-,22+/m0/s1. The number of hydrogen-bond donors (Lipinski definition) is 2. The number of amides is 3. The Morgan fingerprint density at radius 1 is 1.15 bits per heavy atom. The smallest absolute Gasteiger partial charge is 0.262 e. The molecule has 2 aliphatic rings. The largest absolute Gasteiger partial charge is 0.484 e. The zero-order valence-electron chi connectivity index (χ0n) is 19.6. The van der Waals surface area contributed by atoms with E-state index in [1.807, 2.05) is 32.0 Å². The van der Waals surface area contributed by atoms with Gasteiger partial charge in [0.05, 0.1) is 12.0 Å². The normalized spacial score (nSPS) is 19.8. The first-order valence-electron chi connectivity index (χ1n) is 11.7. The van der Waals surface area contributed by atoms with E-state index in [0.717, 1.165) is 36.3 Å². The molecule has 0 unspecified atom stereocenters. The van der Waals surface area contributed by atoms with Gasteiger partial charge in [-0.05, 0) is 62.6 Å². The zero-order valence-corrected chi connectivity index (χ0v) is 19.6. The summed E-state index contributed by atoms with van der Waals surface area (Å²) in [5.74, 6) is -0.293. The molecule has 8 heteroatoms. The number of nitrogens with one attached hydrogen (secondary N) is 2. The molecule has 4 rings (SSSR count). The van der Waals surface area contributed by atoms with Gasteiger partial charge < -0.3 is 25.0 Å². The number of hydrogen-bond acceptors (Lipinski definition) is 5. The van der Waals surface area contributed by atoms with Crippen LogP contribution in [-0.4, -0.2) is 50.1 Å². The number of carbonyl (C=O) groups is 3. The SMILES string of the molecule is Cc1ccc(NC(=O)COc2ccc(N3C[C@@H](C(=O)NC[C@H]4CCCO4)CC3=O)cc2)c(C)c1. The van der Waals surface area contributed by atoms with Gasteiger partial charge in [-0.3, -0.25) is 14.4 Å². The molecule has 2 atom stereocenters. The first-order valence-corrected chi connectivity index (χ1v) is 11.7. The van der Waals surface area contributed by atoms with Crippen molar-refractivity contribution in [1.29, 1.82) is 0 Å². The highest BCUT2D eigenvalue weighted by Crippen LogP contribution is 2.27. The molecule has 0 radical (unpaired) electrons. The summed E-state index contributed by atoms with van der Waals surface area (Å²) < 4.78 is 11.1. The summed E-state index contributed by atoms with van der Waals surface area (Å²) in [5.41, 5.74) is 3.59. The molecular formula is C26H31N3O5.